The zero-order valence-electron chi connectivity index (χ0n) is 23.6. The average molecular weight is 626 g/mol. The lowest BCUT2D eigenvalue weighted by Crippen LogP contribution is -2.22. The van der Waals surface area contributed by atoms with E-state index in [1.54, 1.807) is 19.1 Å². The van der Waals surface area contributed by atoms with Gasteiger partial charge < -0.3 is 0 Å². The fourth-order valence-corrected chi connectivity index (χ4v) is 4.78. The van der Waals surface area contributed by atoms with Crippen molar-refractivity contribution < 1.29 is 39.6 Å². The molecular weight excluding hydrogens is 596 g/mol. The van der Waals surface area contributed by atoms with E-state index in [4.69, 9.17) is 5.14 Å². The van der Waals surface area contributed by atoms with Crippen LogP contribution < -0.4 is 10.1 Å². The minimum atomic E-state index is -4.80. The third kappa shape index (κ3) is 8.77. The minimum absolute atomic E-state index is 0.117. The van der Waals surface area contributed by atoms with Crippen molar-refractivity contribution in [2.75, 3.05) is 5.01 Å². The molecule has 230 valence electrons. The Morgan fingerprint density at radius 1 is 0.884 bits per heavy atom. The number of nitrogens with zero attached hydrogens (tertiary/aromatic N) is 2. The molecule has 1 unspecified atom stereocenters. The van der Waals surface area contributed by atoms with Crippen LogP contribution in [0, 0.1) is 27.7 Å². The molecule has 0 amide bonds. The van der Waals surface area contributed by atoms with Crippen molar-refractivity contribution in [1.29, 1.82) is 0 Å². The van der Waals surface area contributed by atoms with Crippen LogP contribution in [0.5, 0.6) is 0 Å². The lowest BCUT2D eigenvalue weighted by atomic mass is 9.95. The molecule has 0 saturated carbocycles. The molecule has 3 aromatic carbocycles. The van der Waals surface area contributed by atoms with Gasteiger partial charge in [0.25, 0.3) is 5.78 Å². The van der Waals surface area contributed by atoms with E-state index in [1.807, 2.05) is 45.0 Å². The van der Waals surface area contributed by atoms with Gasteiger partial charge in [-0.25, -0.2) is 13.6 Å². The van der Waals surface area contributed by atoms with Crippen molar-refractivity contribution in [3.05, 3.63) is 100 Å². The molecule has 0 fully saturated rings. The summed E-state index contributed by atoms with van der Waals surface area (Å²) in [5.74, 6) is -1.84. The number of ketones is 1. The van der Waals surface area contributed by atoms with Crippen molar-refractivity contribution in [3.8, 4) is 0 Å². The van der Waals surface area contributed by atoms with Crippen molar-refractivity contribution in [2.45, 2.75) is 57.4 Å². The summed E-state index contributed by atoms with van der Waals surface area (Å²) >= 11 is 0. The van der Waals surface area contributed by atoms with Gasteiger partial charge >= 0.3 is 12.4 Å². The first-order valence-electron chi connectivity index (χ1n) is 12.8. The van der Waals surface area contributed by atoms with E-state index < -0.39 is 39.9 Å². The largest absolute Gasteiger partial charge is 0.454 e. The molecule has 0 saturated heterocycles. The van der Waals surface area contributed by atoms with Gasteiger partial charge in [-0.15, -0.1) is 0 Å². The molecule has 2 N–H and O–H groups in total. The predicted octanol–water partition coefficient (Wildman–Crippen LogP) is 7.27. The maximum Gasteiger partial charge on any atom is 0.454 e. The predicted molar refractivity (Wildman–Crippen MR) is 153 cm³/mol. The standard InChI is InChI=1S/C18H18F3N3O2S.C12H11F3O/c1-11-3-4-12(2)15(9-11)16-10-17(18(19,20)21)23-24(16)13-5-7-14(8-6-13)27(22,25)26;1-8-3-4-9(2)10(7-8)5-6-11(16)12(13,14)15/h3-9,16H,10H2,1-2H3,(H2,22,25,26);3-7H,1-2H3/b;6-5+. The van der Waals surface area contributed by atoms with Crippen LogP contribution in [-0.4, -0.2) is 32.3 Å². The summed E-state index contributed by atoms with van der Waals surface area (Å²) in [7, 11) is -3.89. The number of hydrogen-bond donors (Lipinski definition) is 1. The Labute approximate surface area is 245 Å². The first-order chi connectivity index (χ1) is 19.8. The molecule has 4 rings (SSSR count). The molecule has 0 spiro atoms. The van der Waals surface area contributed by atoms with E-state index in [-0.39, 0.29) is 11.3 Å². The lowest BCUT2D eigenvalue weighted by molar-refractivity contribution is -0.165. The van der Waals surface area contributed by atoms with Gasteiger partial charge in [0.1, 0.15) is 5.71 Å². The van der Waals surface area contributed by atoms with Crippen molar-refractivity contribution in [3.63, 3.8) is 0 Å². The van der Waals surface area contributed by atoms with Crippen LogP contribution in [0.4, 0.5) is 32.0 Å². The SMILES string of the molecule is Cc1ccc(C)c(/C=C/C(=O)C(F)(F)F)c1.Cc1ccc(C)c(C2CC(C(F)(F)F)=NN2c2ccc(S(N)(=O)=O)cc2)c1. The fraction of sp³-hybridized carbons (Fsp3) is 0.267. The number of benzene rings is 3. The Bertz CT molecular complexity index is 1660. The molecule has 6 nitrogen and oxygen atoms in total. The molecule has 1 aliphatic heterocycles. The van der Waals surface area contributed by atoms with E-state index in [0.717, 1.165) is 27.8 Å². The normalized spacial score (nSPS) is 15.7. The second-order valence-electron chi connectivity index (χ2n) is 10.1. The van der Waals surface area contributed by atoms with E-state index in [1.165, 1.54) is 35.4 Å². The molecule has 43 heavy (non-hydrogen) atoms. The number of primary sulfonamides is 1. The number of sulfonamides is 1. The molecule has 0 aromatic heterocycles. The van der Waals surface area contributed by atoms with Gasteiger partial charge in [0.05, 0.1) is 16.6 Å². The Balaban J connectivity index is 0.000000271. The van der Waals surface area contributed by atoms with Crippen LogP contribution in [0.15, 0.2) is 76.7 Å². The minimum Gasteiger partial charge on any atom is -0.285 e. The molecule has 13 heteroatoms. The zero-order valence-corrected chi connectivity index (χ0v) is 24.4. The fourth-order valence-electron chi connectivity index (χ4n) is 4.27. The third-order valence-electron chi connectivity index (χ3n) is 6.59. The first-order valence-corrected chi connectivity index (χ1v) is 14.3. The summed E-state index contributed by atoms with van der Waals surface area (Å²) in [4.78, 5) is 10.5. The van der Waals surface area contributed by atoms with E-state index in [2.05, 4.69) is 5.10 Å². The van der Waals surface area contributed by atoms with Gasteiger partial charge in [-0.05, 0) is 80.3 Å². The van der Waals surface area contributed by atoms with Gasteiger partial charge in [-0.2, -0.15) is 31.4 Å². The maximum atomic E-state index is 13.3. The number of anilines is 1. The van der Waals surface area contributed by atoms with Crippen LogP contribution in [0.3, 0.4) is 0 Å². The molecule has 0 radical (unpaired) electrons. The number of allylic oxidation sites excluding steroid dienone is 1. The number of nitrogens with two attached hydrogens (primary N) is 1. The number of hydrazone groups is 1. The molecular formula is C30H29F6N3O3S. The molecule has 1 heterocycles. The smallest absolute Gasteiger partial charge is 0.285 e. The molecule has 1 atom stereocenters. The van der Waals surface area contributed by atoms with Crippen molar-refractivity contribution in [1.82, 2.24) is 0 Å². The Kier molecular flexibility index (Phi) is 9.92. The highest BCUT2D eigenvalue weighted by molar-refractivity contribution is 7.89. The van der Waals surface area contributed by atoms with Gasteiger partial charge in [-0.1, -0.05) is 53.6 Å². The molecule has 0 aliphatic carbocycles. The third-order valence-corrected chi connectivity index (χ3v) is 7.52. The number of hydrogen-bond acceptors (Lipinski definition) is 5. The highest BCUT2D eigenvalue weighted by Crippen LogP contribution is 2.40. The summed E-state index contributed by atoms with van der Waals surface area (Å²) in [6.07, 6.45) is -7.87. The van der Waals surface area contributed by atoms with E-state index in [0.29, 0.717) is 17.3 Å². The molecule has 1 aliphatic rings. The molecule has 0 bridgehead atoms. The Morgan fingerprint density at radius 3 is 1.98 bits per heavy atom. The first kappa shape index (κ1) is 33.5. The van der Waals surface area contributed by atoms with Gasteiger partial charge in [0.15, 0.2) is 0 Å². The van der Waals surface area contributed by atoms with Crippen LogP contribution in [0.25, 0.3) is 6.08 Å². The number of carbonyl (C=O) groups excluding carboxylic acids is 1. The number of rotatable bonds is 5. The average Bonchev–Trinajstić information content (AvgIpc) is 3.36. The second-order valence-corrected chi connectivity index (χ2v) is 11.6. The highest BCUT2D eigenvalue weighted by Gasteiger charge is 2.44. The monoisotopic (exact) mass is 625 g/mol. The Hall–Kier alpha value is -3.97. The van der Waals surface area contributed by atoms with E-state index >= 15 is 0 Å². The Morgan fingerprint density at radius 2 is 1.44 bits per heavy atom. The van der Waals surface area contributed by atoms with Crippen molar-refractivity contribution in [2.24, 2.45) is 10.2 Å². The number of carbonyl (C=O) groups is 1. The van der Waals surface area contributed by atoms with Crippen LogP contribution in [0.2, 0.25) is 0 Å². The van der Waals surface area contributed by atoms with Crippen LogP contribution in [0.1, 0.15) is 45.8 Å². The quantitative estimate of drug-likeness (QED) is 0.239. The number of halogens is 6. The van der Waals surface area contributed by atoms with Gasteiger partial charge in [-0.3, -0.25) is 9.80 Å². The zero-order chi connectivity index (χ0) is 32.3. The topological polar surface area (TPSA) is 92.8 Å². The number of alkyl halides is 6. The lowest BCUT2D eigenvalue weighted by Gasteiger charge is -2.25. The van der Waals surface area contributed by atoms with Gasteiger partial charge in [0, 0.05) is 6.42 Å². The second kappa shape index (κ2) is 12.7. The molecule has 3 aromatic rings. The van der Waals surface area contributed by atoms with E-state index in [9.17, 15) is 39.6 Å². The van der Waals surface area contributed by atoms with Crippen molar-refractivity contribution >= 4 is 33.3 Å². The highest BCUT2D eigenvalue weighted by atomic mass is 32.2. The summed E-state index contributed by atoms with van der Waals surface area (Å²) in [5, 5.41) is 10.2. The number of aryl methyl sites for hydroxylation is 4. The van der Waals surface area contributed by atoms with Gasteiger partial charge in [0.2, 0.25) is 10.0 Å². The summed E-state index contributed by atoms with van der Waals surface area (Å²) < 4.78 is 98.5. The summed E-state index contributed by atoms with van der Waals surface area (Å²) in [6, 6.07) is 15.7. The summed E-state index contributed by atoms with van der Waals surface area (Å²) in [6.45, 7) is 7.32. The van der Waals surface area contributed by atoms with Crippen LogP contribution >= 0.6 is 0 Å². The van der Waals surface area contributed by atoms with Crippen LogP contribution in [-0.2, 0) is 14.8 Å². The summed E-state index contributed by atoms with van der Waals surface area (Å²) in [5.41, 5.74) is 4.40. The maximum absolute atomic E-state index is 13.3.